The number of carbonyl (C=O) groups is 1. The molecule has 3 aromatic carbocycles. The van der Waals surface area contributed by atoms with E-state index in [4.69, 9.17) is 4.74 Å². The number of nitrogens with one attached hydrogen (secondary N) is 1. The fraction of sp³-hybridized carbons (Fsp3) is 0.0909. The van der Waals surface area contributed by atoms with E-state index in [2.05, 4.69) is 16.4 Å². The van der Waals surface area contributed by atoms with Crippen molar-refractivity contribution in [2.24, 2.45) is 0 Å². The standard InChI is InChI=1S/C22H17FN2O2S/c23-17-9-5-15(6-10-17)13-24-21(26)14-27-18-11-7-16(8-12-18)22-25-19-3-1-2-4-20(19)28-22/h1-12H,13-14H2,(H,24,26). The van der Waals surface area contributed by atoms with Crippen LogP contribution in [0, 0.1) is 5.82 Å². The van der Waals surface area contributed by atoms with E-state index in [1.807, 2.05) is 42.5 Å². The summed E-state index contributed by atoms with van der Waals surface area (Å²) in [7, 11) is 0. The molecular formula is C22H17FN2O2S. The number of aromatic nitrogens is 1. The molecule has 1 aromatic heterocycles. The van der Waals surface area contributed by atoms with Crippen molar-refractivity contribution in [1.29, 1.82) is 0 Å². The van der Waals surface area contributed by atoms with Gasteiger partial charge < -0.3 is 10.1 Å². The summed E-state index contributed by atoms with van der Waals surface area (Å²) in [6.07, 6.45) is 0. The number of thiazole rings is 1. The molecule has 1 amide bonds. The Labute approximate surface area is 165 Å². The maximum atomic E-state index is 12.9. The first-order valence-corrected chi connectivity index (χ1v) is 9.59. The molecule has 28 heavy (non-hydrogen) atoms. The van der Waals surface area contributed by atoms with Gasteiger partial charge in [-0.15, -0.1) is 11.3 Å². The van der Waals surface area contributed by atoms with Crippen LogP contribution in [-0.4, -0.2) is 17.5 Å². The average molecular weight is 392 g/mol. The fourth-order valence-corrected chi connectivity index (χ4v) is 3.66. The molecular weight excluding hydrogens is 375 g/mol. The van der Waals surface area contributed by atoms with E-state index in [9.17, 15) is 9.18 Å². The molecule has 0 aliphatic carbocycles. The van der Waals surface area contributed by atoms with Crippen LogP contribution in [0.5, 0.6) is 5.75 Å². The maximum absolute atomic E-state index is 12.9. The number of benzene rings is 3. The molecule has 0 aliphatic heterocycles. The number of hydrogen-bond donors (Lipinski definition) is 1. The van der Waals surface area contributed by atoms with Gasteiger partial charge in [0.25, 0.3) is 5.91 Å². The van der Waals surface area contributed by atoms with Crippen LogP contribution in [0.15, 0.2) is 72.8 Å². The molecule has 0 unspecified atom stereocenters. The number of fused-ring (bicyclic) bond motifs is 1. The molecule has 0 saturated carbocycles. The number of nitrogens with zero attached hydrogens (tertiary/aromatic N) is 1. The Kier molecular flexibility index (Phi) is 5.30. The minimum Gasteiger partial charge on any atom is -0.484 e. The largest absolute Gasteiger partial charge is 0.484 e. The van der Waals surface area contributed by atoms with Crippen molar-refractivity contribution < 1.29 is 13.9 Å². The van der Waals surface area contributed by atoms with Crippen LogP contribution >= 0.6 is 11.3 Å². The number of para-hydroxylation sites is 1. The van der Waals surface area contributed by atoms with E-state index in [-0.39, 0.29) is 18.3 Å². The minimum absolute atomic E-state index is 0.0817. The van der Waals surface area contributed by atoms with Gasteiger partial charge in [-0.3, -0.25) is 4.79 Å². The Morgan fingerprint density at radius 3 is 2.50 bits per heavy atom. The van der Waals surface area contributed by atoms with Gasteiger partial charge in [0.1, 0.15) is 16.6 Å². The number of rotatable bonds is 6. The first-order valence-electron chi connectivity index (χ1n) is 8.77. The molecule has 0 aliphatic rings. The zero-order valence-electron chi connectivity index (χ0n) is 14.9. The topological polar surface area (TPSA) is 51.2 Å². The first kappa shape index (κ1) is 18.1. The highest BCUT2D eigenvalue weighted by molar-refractivity contribution is 7.21. The Balaban J connectivity index is 1.31. The van der Waals surface area contributed by atoms with Gasteiger partial charge in [-0.25, -0.2) is 9.37 Å². The number of halogens is 1. The van der Waals surface area contributed by atoms with Crippen LogP contribution in [-0.2, 0) is 11.3 Å². The molecule has 1 N–H and O–H groups in total. The van der Waals surface area contributed by atoms with Crippen molar-refractivity contribution in [3.63, 3.8) is 0 Å². The molecule has 140 valence electrons. The molecule has 4 aromatic rings. The van der Waals surface area contributed by atoms with E-state index in [1.165, 1.54) is 12.1 Å². The summed E-state index contributed by atoms with van der Waals surface area (Å²) in [5, 5.41) is 3.69. The van der Waals surface area contributed by atoms with Gasteiger partial charge in [0.05, 0.1) is 10.2 Å². The van der Waals surface area contributed by atoms with Crippen molar-refractivity contribution in [3.05, 3.63) is 84.2 Å². The van der Waals surface area contributed by atoms with Gasteiger partial charge >= 0.3 is 0 Å². The third-order valence-corrected chi connectivity index (χ3v) is 5.25. The van der Waals surface area contributed by atoms with Crippen LogP contribution < -0.4 is 10.1 Å². The van der Waals surface area contributed by atoms with Gasteiger partial charge in [0.15, 0.2) is 6.61 Å². The lowest BCUT2D eigenvalue weighted by Crippen LogP contribution is -2.28. The normalized spacial score (nSPS) is 10.8. The summed E-state index contributed by atoms with van der Waals surface area (Å²) in [6, 6.07) is 21.6. The summed E-state index contributed by atoms with van der Waals surface area (Å²) < 4.78 is 19.6. The van der Waals surface area contributed by atoms with Crippen molar-refractivity contribution in [1.82, 2.24) is 10.3 Å². The zero-order chi connectivity index (χ0) is 19.3. The Hall–Kier alpha value is -3.25. The molecule has 0 saturated heterocycles. The average Bonchev–Trinajstić information content (AvgIpc) is 3.16. The van der Waals surface area contributed by atoms with Gasteiger partial charge in [-0.05, 0) is 54.1 Å². The summed E-state index contributed by atoms with van der Waals surface area (Å²) in [4.78, 5) is 16.6. The molecule has 4 nitrogen and oxygen atoms in total. The highest BCUT2D eigenvalue weighted by Gasteiger charge is 2.07. The van der Waals surface area contributed by atoms with E-state index >= 15 is 0 Å². The van der Waals surface area contributed by atoms with Crippen LogP contribution in [0.25, 0.3) is 20.8 Å². The van der Waals surface area contributed by atoms with E-state index in [1.54, 1.807) is 23.5 Å². The Morgan fingerprint density at radius 1 is 1.00 bits per heavy atom. The number of ether oxygens (including phenoxy) is 1. The summed E-state index contributed by atoms with van der Waals surface area (Å²) in [5.74, 6) is 0.0778. The third-order valence-electron chi connectivity index (χ3n) is 4.17. The summed E-state index contributed by atoms with van der Waals surface area (Å²) >= 11 is 1.64. The lowest BCUT2D eigenvalue weighted by Gasteiger charge is -2.08. The Morgan fingerprint density at radius 2 is 1.75 bits per heavy atom. The van der Waals surface area contributed by atoms with Crippen molar-refractivity contribution in [2.45, 2.75) is 6.54 Å². The lowest BCUT2D eigenvalue weighted by atomic mass is 10.2. The van der Waals surface area contributed by atoms with Crippen LogP contribution in [0.4, 0.5) is 4.39 Å². The number of hydrogen-bond acceptors (Lipinski definition) is 4. The molecule has 0 bridgehead atoms. The molecule has 6 heteroatoms. The molecule has 4 rings (SSSR count). The third kappa shape index (κ3) is 4.35. The number of amides is 1. The van der Waals surface area contributed by atoms with Gasteiger partial charge in [0.2, 0.25) is 0 Å². The zero-order valence-corrected chi connectivity index (χ0v) is 15.7. The summed E-state index contributed by atoms with van der Waals surface area (Å²) in [5.41, 5.74) is 2.82. The van der Waals surface area contributed by atoms with Crippen molar-refractivity contribution in [3.8, 4) is 16.3 Å². The predicted octanol–water partition coefficient (Wildman–Crippen LogP) is 4.80. The lowest BCUT2D eigenvalue weighted by molar-refractivity contribution is -0.123. The van der Waals surface area contributed by atoms with E-state index < -0.39 is 0 Å². The smallest absolute Gasteiger partial charge is 0.258 e. The van der Waals surface area contributed by atoms with Crippen LogP contribution in [0.2, 0.25) is 0 Å². The maximum Gasteiger partial charge on any atom is 0.258 e. The van der Waals surface area contributed by atoms with E-state index in [0.29, 0.717) is 12.3 Å². The predicted molar refractivity (Wildman–Crippen MR) is 109 cm³/mol. The second kappa shape index (κ2) is 8.19. The molecule has 0 radical (unpaired) electrons. The monoisotopic (exact) mass is 392 g/mol. The van der Waals surface area contributed by atoms with Crippen LogP contribution in [0.3, 0.4) is 0 Å². The van der Waals surface area contributed by atoms with Crippen molar-refractivity contribution >= 4 is 27.5 Å². The van der Waals surface area contributed by atoms with Gasteiger partial charge in [-0.1, -0.05) is 24.3 Å². The molecule has 0 spiro atoms. The Bertz CT molecular complexity index is 1060. The highest BCUT2D eigenvalue weighted by Crippen LogP contribution is 2.30. The first-order chi connectivity index (χ1) is 13.7. The van der Waals surface area contributed by atoms with Crippen LogP contribution in [0.1, 0.15) is 5.56 Å². The molecule has 0 atom stereocenters. The van der Waals surface area contributed by atoms with Gasteiger partial charge in [0, 0.05) is 12.1 Å². The quantitative estimate of drug-likeness (QED) is 0.513. The SMILES string of the molecule is O=C(COc1ccc(-c2nc3ccccc3s2)cc1)NCc1ccc(F)cc1. The summed E-state index contributed by atoms with van der Waals surface area (Å²) in [6.45, 7) is 0.251. The second-order valence-corrected chi connectivity index (χ2v) is 7.23. The second-order valence-electron chi connectivity index (χ2n) is 6.20. The van der Waals surface area contributed by atoms with Gasteiger partial charge in [-0.2, -0.15) is 0 Å². The molecule has 0 fully saturated rings. The fourth-order valence-electron chi connectivity index (χ4n) is 2.69. The number of carbonyl (C=O) groups excluding carboxylic acids is 1. The minimum atomic E-state index is -0.298. The molecule has 1 heterocycles. The highest BCUT2D eigenvalue weighted by atomic mass is 32.1. The van der Waals surface area contributed by atoms with Crippen molar-refractivity contribution in [2.75, 3.05) is 6.61 Å². The van der Waals surface area contributed by atoms with E-state index in [0.717, 1.165) is 26.4 Å².